The number of nitrogens with one attached hydrogen (secondary N) is 2. The number of aryl methyl sites for hydroxylation is 2. The molecule has 0 aliphatic rings. The minimum Gasteiger partial charge on any atom is -0.383 e. The summed E-state index contributed by atoms with van der Waals surface area (Å²) in [4.78, 5) is 16.0. The summed E-state index contributed by atoms with van der Waals surface area (Å²) < 4.78 is 37.4. The molecule has 4 N–H and O–H groups in total. The van der Waals surface area contributed by atoms with Gasteiger partial charge >= 0.3 is 6.18 Å². The first-order valence-corrected chi connectivity index (χ1v) is 6.88. The molecule has 0 unspecified atom stereocenters. The van der Waals surface area contributed by atoms with E-state index in [2.05, 4.69) is 35.5 Å². The highest BCUT2D eigenvalue weighted by Crippen LogP contribution is 2.26. The van der Waals surface area contributed by atoms with E-state index < -0.39 is 12.0 Å². The lowest BCUT2D eigenvalue weighted by Gasteiger charge is -2.08. The van der Waals surface area contributed by atoms with Crippen LogP contribution in [-0.4, -0.2) is 30.1 Å². The third-order valence-electron chi connectivity index (χ3n) is 3.22. The van der Waals surface area contributed by atoms with Gasteiger partial charge in [0.05, 0.1) is 11.9 Å². The van der Waals surface area contributed by atoms with E-state index in [9.17, 15) is 13.2 Å². The van der Waals surface area contributed by atoms with Crippen molar-refractivity contribution >= 4 is 22.8 Å². The van der Waals surface area contributed by atoms with E-state index in [1.54, 1.807) is 0 Å². The van der Waals surface area contributed by atoms with Crippen molar-refractivity contribution in [1.82, 2.24) is 30.1 Å². The summed E-state index contributed by atoms with van der Waals surface area (Å²) in [6, 6.07) is 1.86. The van der Waals surface area contributed by atoms with Gasteiger partial charge in [0.2, 0.25) is 5.95 Å². The van der Waals surface area contributed by atoms with Crippen molar-refractivity contribution in [3.63, 3.8) is 0 Å². The number of H-pyrrole nitrogens is 1. The minimum absolute atomic E-state index is 0.00187. The first kappa shape index (κ1) is 15.9. The molecule has 3 aromatic rings. The molecule has 0 aliphatic carbocycles. The molecule has 3 rings (SSSR count). The molecule has 3 heterocycles. The maximum absolute atomic E-state index is 12.5. The molecule has 0 spiro atoms. The highest BCUT2D eigenvalue weighted by Gasteiger charge is 2.35. The zero-order valence-electron chi connectivity index (χ0n) is 12.7. The van der Waals surface area contributed by atoms with E-state index in [-0.39, 0.29) is 24.1 Å². The Morgan fingerprint density at radius 1 is 1.17 bits per heavy atom. The Bertz CT molecular complexity index is 902. The summed E-state index contributed by atoms with van der Waals surface area (Å²) in [6.07, 6.45) is -4.60. The molecule has 0 saturated heterocycles. The van der Waals surface area contributed by atoms with Crippen LogP contribution in [0.1, 0.15) is 22.9 Å². The third-order valence-corrected chi connectivity index (χ3v) is 3.22. The Kier molecular flexibility index (Phi) is 3.70. The number of pyridine rings is 1. The van der Waals surface area contributed by atoms with Crippen molar-refractivity contribution in [2.24, 2.45) is 0 Å². The number of hydrogen-bond donors (Lipinski definition) is 3. The second-order valence-corrected chi connectivity index (χ2v) is 5.17. The normalized spacial score (nSPS) is 11.9. The highest BCUT2D eigenvalue weighted by molar-refractivity contribution is 5.89. The zero-order chi connectivity index (χ0) is 17.5. The SMILES string of the molecule is Cc1cc(C)c2c(N)nc(NCc3nc(C(F)(F)F)n[nH]3)nc2n1. The van der Waals surface area contributed by atoms with E-state index in [1.165, 1.54) is 0 Å². The molecule has 0 aromatic carbocycles. The molecule has 24 heavy (non-hydrogen) atoms. The van der Waals surface area contributed by atoms with Crippen molar-refractivity contribution in [1.29, 1.82) is 0 Å². The van der Waals surface area contributed by atoms with Crippen LogP contribution >= 0.6 is 0 Å². The van der Waals surface area contributed by atoms with Crippen LogP contribution in [0.25, 0.3) is 11.0 Å². The Labute approximate surface area is 133 Å². The van der Waals surface area contributed by atoms with Crippen molar-refractivity contribution in [3.05, 3.63) is 29.0 Å². The standard InChI is InChI=1S/C13H13F3N8/c1-5-3-6(2)19-10-8(5)9(17)21-12(22-10)18-4-7-20-11(24-23-7)13(14,15)16/h3H,4H2,1-2H3,(H,20,23,24)(H3,17,18,19,21,22). The molecule has 126 valence electrons. The fourth-order valence-electron chi connectivity index (χ4n) is 2.25. The van der Waals surface area contributed by atoms with Gasteiger partial charge in [-0.3, -0.25) is 5.10 Å². The van der Waals surface area contributed by atoms with Crippen LogP contribution in [0.3, 0.4) is 0 Å². The lowest BCUT2D eigenvalue weighted by molar-refractivity contribution is -0.144. The number of rotatable bonds is 3. The number of nitrogen functional groups attached to an aromatic ring is 1. The van der Waals surface area contributed by atoms with Gasteiger partial charge in [0.25, 0.3) is 5.82 Å². The number of halogens is 3. The molecule has 0 saturated carbocycles. The summed E-state index contributed by atoms with van der Waals surface area (Å²) in [5.41, 5.74) is 8.00. The molecular weight excluding hydrogens is 325 g/mol. The lowest BCUT2D eigenvalue weighted by Crippen LogP contribution is -2.09. The van der Waals surface area contributed by atoms with Crippen molar-refractivity contribution < 1.29 is 13.2 Å². The second-order valence-electron chi connectivity index (χ2n) is 5.17. The number of nitrogens with two attached hydrogens (primary N) is 1. The molecule has 0 bridgehead atoms. The molecule has 0 amide bonds. The van der Waals surface area contributed by atoms with E-state index in [0.717, 1.165) is 11.3 Å². The first-order chi connectivity index (χ1) is 11.2. The largest absolute Gasteiger partial charge is 0.453 e. The first-order valence-electron chi connectivity index (χ1n) is 6.88. The smallest absolute Gasteiger partial charge is 0.383 e. The maximum Gasteiger partial charge on any atom is 0.453 e. The predicted molar refractivity (Wildman–Crippen MR) is 79.9 cm³/mol. The molecule has 0 fully saturated rings. The number of anilines is 2. The van der Waals surface area contributed by atoms with Crippen molar-refractivity contribution in [3.8, 4) is 0 Å². The Balaban J connectivity index is 1.84. The zero-order valence-corrected chi connectivity index (χ0v) is 12.7. The van der Waals surface area contributed by atoms with Crippen LogP contribution in [0.2, 0.25) is 0 Å². The van der Waals surface area contributed by atoms with E-state index in [0.29, 0.717) is 11.0 Å². The Hall–Kier alpha value is -2.98. The van der Waals surface area contributed by atoms with Gasteiger partial charge < -0.3 is 11.1 Å². The highest BCUT2D eigenvalue weighted by atomic mass is 19.4. The fraction of sp³-hybridized carbons (Fsp3) is 0.308. The van der Waals surface area contributed by atoms with Gasteiger partial charge in [0, 0.05) is 5.69 Å². The van der Waals surface area contributed by atoms with Gasteiger partial charge in [0.15, 0.2) is 5.65 Å². The molecule has 0 radical (unpaired) electrons. The van der Waals surface area contributed by atoms with Crippen LogP contribution in [0.5, 0.6) is 0 Å². The molecule has 3 aromatic heterocycles. The average molecular weight is 338 g/mol. The molecular formula is C13H13F3N8. The molecule has 8 nitrogen and oxygen atoms in total. The molecule has 0 aliphatic heterocycles. The topological polar surface area (TPSA) is 118 Å². The molecule has 0 atom stereocenters. The lowest BCUT2D eigenvalue weighted by atomic mass is 10.1. The van der Waals surface area contributed by atoms with Crippen LogP contribution in [0.15, 0.2) is 6.07 Å². The number of aromatic nitrogens is 6. The summed E-state index contributed by atoms with van der Waals surface area (Å²) in [5.74, 6) is -0.854. The number of aromatic amines is 1. The van der Waals surface area contributed by atoms with Crippen molar-refractivity contribution in [2.45, 2.75) is 26.6 Å². The summed E-state index contributed by atoms with van der Waals surface area (Å²) in [6.45, 7) is 3.63. The minimum atomic E-state index is -4.60. The number of nitrogens with zero attached hydrogens (tertiary/aromatic N) is 5. The third kappa shape index (κ3) is 3.05. The second kappa shape index (κ2) is 5.58. The van der Waals surface area contributed by atoms with Crippen LogP contribution < -0.4 is 11.1 Å². The Morgan fingerprint density at radius 2 is 1.92 bits per heavy atom. The van der Waals surface area contributed by atoms with Crippen LogP contribution in [0, 0.1) is 13.8 Å². The predicted octanol–water partition coefficient (Wildman–Crippen LogP) is 1.97. The van der Waals surface area contributed by atoms with Crippen LogP contribution in [0.4, 0.5) is 24.9 Å². The number of alkyl halides is 3. The number of hydrogen-bond acceptors (Lipinski definition) is 7. The summed E-state index contributed by atoms with van der Waals surface area (Å²) in [7, 11) is 0. The average Bonchev–Trinajstić information content (AvgIpc) is 2.92. The van der Waals surface area contributed by atoms with Gasteiger partial charge in [-0.1, -0.05) is 0 Å². The van der Waals surface area contributed by atoms with E-state index in [1.807, 2.05) is 19.9 Å². The maximum atomic E-state index is 12.5. The quantitative estimate of drug-likeness (QED) is 0.668. The van der Waals surface area contributed by atoms with E-state index in [4.69, 9.17) is 5.73 Å². The number of fused-ring (bicyclic) bond motifs is 1. The van der Waals surface area contributed by atoms with Gasteiger partial charge in [-0.15, -0.1) is 5.10 Å². The summed E-state index contributed by atoms with van der Waals surface area (Å²) in [5, 5.41) is 8.72. The Morgan fingerprint density at radius 3 is 2.58 bits per heavy atom. The van der Waals surface area contributed by atoms with Gasteiger partial charge in [0.1, 0.15) is 11.6 Å². The fourth-order valence-corrected chi connectivity index (χ4v) is 2.25. The van der Waals surface area contributed by atoms with Crippen molar-refractivity contribution in [2.75, 3.05) is 11.1 Å². The van der Waals surface area contributed by atoms with Gasteiger partial charge in [-0.25, -0.2) is 9.97 Å². The summed E-state index contributed by atoms with van der Waals surface area (Å²) >= 11 is 0. The van der Waals surface area contributed by atoms with Crippen LogP contribution in [-0.2, 0) is 12.7 Å². The monoisotopic (exact) mass is 338 g/mol. The molecule has 11 heteroatoms. The van der Waals surface area contributed by atoms with Gasteiger partial charge in [-0.05, 0) is 25.5 Å². The van der Waals surface area contributed by atoms with E-state index >= 15 is 0 Å². The van der Waals surface area contributed by atoms with Gasteiger partial charge in [-0.2, -0.15) is 23.1 Å².